The number of hydrogen-bond acceptors (Lipinski definition) is 4. The zero-order chi connectivity index (χ0) is 11.4. The van der Waals surface area contributed by atoms with Crippen LogP contribution in [0.3, 0.4) is 0 Å². The van der Waals surface area contributed by atoms with Gasteiger partial charge in [-0.15, -0.1) is 22.4 Å². The smallest absolute Gasteiger partial charge is 1.00 e. The van der Waals surface area contributed by atoms with Crippen LogP contribution >= 0.6 is 0 Å². The Kier molecular flexibility index (Phi) is 7.72. The van der Waals surface area contributed by atoms with Crippen LogP contribution in [0.25, 0.3) is 0 Å². The SMILES string of the molecule is O=C1CC(=O)N=N1.[Br-].[Mg+2].[c-]1ccc2c(c1)OCO2. The molecular formula is C10H7BrMgN2O4. The third-order valence-electron chi connectivity index (χ3n) is 1.79. The van der Waals surface area contributed by atoms with Crippen molar-refractivity contribution in [3.8, 4) is 11.5 Å². The van der Waals surface area contributed by atoms with Crippen molar-refractivity contribution in [2.45, 2.75) is 6.42 Å². The minimum atomic E-state index is -0.440. The number of hydrogen-bond donors (Lipinski definition) is 0. The summed E-state index contributed by atoms with van der Waals surface area (Å²) in [6.45, 7) is 0.340. The molecule has 3 rings (SSSR count). The molecule has 1 aromatic rings. The standard InChI is InChI=1S/C7H5O2.C3H2N2O2.BrH.Mg/c1-2-4-7-6(3-1)8-5-9-7;6-2-1-3(7)5-4-2;;/h1,3-4H,5H2;1H2;1H;/q-1;;;+2/p-1. The Hall–Kier alpha value is -0.994. The average molecular weight is 323 g/mol. The van der Waals surface area contributed by atoms with Gasteiger partial charge in [0.2, 0.25) is 6.79 Å². The molecule has 0 bridgehead atoms. The number of nitrogens with zero attached hydrogens (tertiary/aromatic N) is 2. The summed E-state index contributed by atoms with van der Waals surface area (Å²) in [6, 6.07) is 8.29. The molecular weight excluding hydrogens is 316 g/mol. The molecule has 0 saturated heterocycles. The normalized spacial score (nSPS) is 14.2. The van der Waals surface area contributed by atoms with Gasteiger partial charge in [0.05, 0.1) is 11.5 Å². The van der Waals surface area contributed by atoms with Gasteiger partial charge in [-0.2, -0.15) is 12.1 Å². The number of azo groups is 1. The van der Waals surface area contributed by atoms with Crippen LogP contribution in [-0.4, -0.2) is 41.7 Å². The monoisotopic (exact) mass is 322 g/mol. The van der Waals surface area contributed by atoms with Crippen molar-refractivity contribution in [2.75, 3.05) is 6.79 Å². The fraction of sp³-hybridized carbons (Fsp3) is 0.200. The maximum atomic E-state index is 9.97. The first-order chi connectivity index (χ1) is 7.75. The van der Waals surface area contributed by atoms with Crippen LogP contribution in [0.1, 0.15) is 6.42 Å². The molecule has 18 heavy (non-hydrogen) atoms. The predicted octanol–water partition coefficient (Wildman–Crippen LogP) is -2.27. The Bertz CT molecular complexity index is 428. The van der Waals surface area contributed by atoms with Crippen LogP contribution in [0, 0.1) is 6.07 Å². The number of amides is 2. The van der Waals surface area contributed by atoms with Crippen LogP contribution in [0.5, 0.6) is 11.5 Å². The van der Waals surface area contributed by atoms with Gasteiger partial charge in [-0.25, -0.2) is 0 Å². The summed E-state index contributed by atoms with van der Waals surface area (Å²) < 4.78 is 10.1. The molecule has 0 aliphatic carbocycles. The third-order valence-corrected chi connectivity index (χ3v) is 1.79. The minimum absolute atomic E-state index is 0. The number of rotatable bonds is 0. The van der Waals surface area contributed by atoms with Gasteiger partial charge in [0.1, 0.15) is 6.42 Å². The van der Waals surface area contributed by atoms with Gasteiger partial charge in [0, 0.05) is 0 Å². The molecule has 0 aromatic heterocycles. The second-order valence-corrected chi connectivity index (χ2v) is 2.94. The first-order valence-electron chi connectivity index (χ1n) is 4.49. The predicted molar refractivity (Wildman–Crippen MR) is 56.6 cm³/mol. The molecule has 2 heterocycles. The van der Waals surface area contributed by atoms with E-state index in [4.69, 9.17) is 9.47 Å². The van der Waals surface area contributed by atoms with E-state index < -0.39 is 11.8 Å². The third kappa shape index (κ3) is 4.71. The van der Waals surface area contributed by atoms with E-state index in [0.29, 0.717) is 6.79 Å². The number of ether oxygens (including phenoxy) is 2. The van der Waals surface area contributed by atoms with E-state index in [-0.39, 0.29) is 46.5 Å². The molecule has 1 aromatic carbocycles. The van der Waals surface area contributed by atoms with E-state index in [1.54, 1.807) is 12.1 Å². The molecule has 0 spiro atoms. The molecule has 0 N–H and O–H groups in total. The zero-order valence-electron chi connectivity index (χ0n) is 9.26. The second-order valence-electron chi connectivity index (χ2n) is 2.94. The van der Waals surface area contributed by atoms with Gasteiger partial charge >= 0.3 is 23.1 Å². The molecule has 0 unspecified atom stereocenters. The summed E-state index contributed by atoms with van der Waals surface area (Å²) >= 11 is 0. The number of carbonyl (C=O) groups is 2. The second kappa shape index (κ2) is 8.17. The van der Waals surface area contributed by atoms with Crippen molar-refractivity contribution in [1.82, 2.24) is 0 Å². The van der Waals surface area contributed by atoms with Crippen molar-refractivity contribution < 1.29 is 36.0 Å². The zero-order valence-corrected chi connectivity index (χ0v) is 12.3. The van der Waals surface area contributed by atoms with Crippen LogP contribution in [-0.2, 0) is 9.59 Å². The van der Waals surface area contributed by atoms with Gasteiger partial charge in [-0.1, -0.05) is 0 Å². The number of halogens is 1. The van der Waals surface area contributed by atoms with E-state index in [0.717, 1.165) is 11.5 Å². The Morgan fingerprint density at radius 3 is 2.22 bits per heavy atom. The largest absolute Gasteiger partial charge is 2.00 e. The molecule has 6 nitrogen and oxygen atoms in total. The number of benzene rings is 1. The Balaban J connectivity index is 0.000000297. The molecule has 2 aliphatic rings. The number of fused-ring (bicyclic) bond motifs is 1. The molecule has 90 valence electrons. The van der Waals surface area contributed by atoms with E-state index in [1.165, 1.54) is 0 Å². The maximum absolute atomic E-state index is 9.97. The van der Waals surface area contributed by atoms with E-state index in [9.17, 15) is 9.59 Å². The molecule has 2 aliphatic heterocycles. The molecule has 8 heteroatoms. The summed E-state index contributed by atoms with van der Waals surface area (Å²) in [4.78, 5) is 19.9. The summed E-state index contributed by atoms with van der Waals surface area (Å²) in [5, 5.41) is 5.91. The molecule has 0 fully saturated rings. The van der Waals surface area contributed by atoms with E-state index in [1.807, 2.05) is 6.07 Å². The maximum Gasteiger partial charge on any atom is 2.00 e. The van der Waals surface area contributed by atoms with Crippen LogP contribution in [0.4, 0.5) is 0 Å². The summed E-state index contributed by atoms with van der Waals surface area (Å²) in [7, 11) is 0. The van der Waals surface area contributed by atoms with Gasteiger partial charge < -0.3 is 26.5 Å². The van der Waals surface area contributed by atoms with E-state index >= 15 is 0 Å². The fourth-order valence-electron chi connectivity index (χ4n) is 1.10. The topological polar surface area (TPSA) is 77.3 Å². The first kappa shape index (κ1) is 17.0. The van der Waals surface area contributed by atoms with Gasteiger partial charge in [0.15, 0.2) is 0 Å². The summed E-state index contributed by atoms with van der Waals surface area (Å²) in [5.41, 5.74) is 0. The quantitative estimate of drug-likeness (QED) is 0.307. The van der Waals surface area contributed by atoms with Gasteiger partial charge in [0.25, 0.3) is 11.8 Å². The Morgan fingerprint density at radius 2 is 1.72 bits per heavy atom. The van der Waals surface area contributed by atoms with Crippen molar-refractivity contribution in [3.05, 3.63) is 24.3 Å². The fourth-order valence-corrected chi connectivity index (χ4v) is 1.10. The Morgan fingerprint density at radius 1 is 1.11 bits per heavy atom. The van der Waals surface area contributed by atoms with Crippen molar-refractivity contribution in [2.24, 2.45) is 10.2 Å². The van der Waals surface area contributed by atoms with Gasteiger partial charge in [-0.3, -0.25) is 9.59 Å². The number of carbonyl (C=O) groups excluding carboxylic acids is 2. The van der Waals surface area contributed by atoms with Crippen LogP contribution in [0.2, 0.25) is 0 Å². The van der Waals surface area contributed by atoms with Crippen molar-refractivity contribution in [1.29, 1.82) is 0 Å². The molecule has 2 amide bonds. The summed E-state index contributed by atoms with van der Waals surface area (Å²) in [5.74, 6) is 0.723. The average Bonchev–Trinajstić information content (AvgIpc) is 2.88. The van der Waals surface area contributed by atoms with Crippen molar-refractivity contribution in [3.63, 3.8) is 0 Å². The van der Waals surface area contributed by atoms with Crippen molar-refractivity contribution >= 4 is 34.9 Å². The van der Waals surface area contributed by atoms with E-state index in [2.05, 4.69) is 16.3 Å². The van der Waals surface area contributed by atoms with Crippen LogP contribution in [0.15, 0.2) is 28.4 Å². The Labute approximate surface area is 130 Å². The summed E-state index contributed by atoms with van der Waals surface area (Å²) in [6.07, 6.45) is -0.139. The van der Waals surface area contributed by atoms with Gasteiger partial charge in [-0.05, 0) is 0 Å². The molecule has 0 atom stereocenters. The molecule has 0 radical (unpaired) electrons. The minimum Gasteiger partial charge on any atom is -1.00 e. The molecule has 0 saturated carbocycles. The first-order valence-corrected chi connectivity index (χ1v) is 4.49. The van der Waals surface area contributed by atoms with Crippen LogP contribution < -0.4 is 26.5 Å².